The molecular formula is C27H29N3O5. The number of aliphatic carboxylic acids is 1. The van der Waals surface area contributed by atoms with Crippen LogP contribution in [-0.4, -0.2) is 64.9 Å². The average Bonchev–Trinajstić information content (AvgIpc) is 3.45. The number of ether oxygens (including phenoxy) is 2. The Kier molecular flexibility index (Phi) is 6.57. The fourth-order valence-corrected chi connectivity index (χ4v) is 4.87. The van der Waals surface area contributed by atoms with Crippen LogP contribution in [0.4, 0.5) is 0 Å². The topological polar surface area (TPSA) is 108 Å². The van der Waals surface area contributed by atoms with E-state index in [9.17, 15) is 9.59 Å². The van der Waals surface area contributed by atoms with Gasteiger partial charge in [0.15, 0.2) is 0 Å². The van der Waals surface area contributed by atoms with E-state index in [-0.39, 0.29) is 24.1 Å². The van der Waals surface area contributed by atoms with Crippen molar-refractivity contribution in [2.45, 2.75) is 31.4 Å². The second-order valence-corrected chi connectivity index (χ2v) is 9.08. The van der Waals surface area contributed by atoms with Crippen LogP contribution < -0.4 is 10.3 Å². The number of carbonyl (C=O) groups is 1. The number of para-hydroxylation sites is 1. The fraction of sp³-hybridized carbons (Fsp3) is 0.333. The lowest BCUT2D eigenvalue weighted by molar-refractivity contribution is -0.137. The lowest BCUT2D eigenvalue weighted by atomic mass is 10.1. The number of methoxy groups -OCH3 is 1. The van der Waals surface area contributed by atoms with Crippen LogP contribution in [0.15, 0.2) is 59.4 Å². The Hall–Kier alpha value is -3.62. The largest absolute Gasteiger partial charge is 0.492 e. The summed E-state index contributed by atoms with van der Waals surface area (Å²) in [5, 5.41) is 10.9. The van der Waals surface area contributed by atoms with Gasteiger partial charge in [-0.3, -0.25) is 14.5 Å². The van der Waals surface area contributed by atoms with Crippen LogP contribution in [-0.2, 0) is 9.53 Å². The Morgan fingerprint density at radius 1 is 1.09 bits per heavy atom. The molecule has 2 atom stereocenters. The van der Waals surface area contributed by atoms with Crippen LogP contribution in [0.3, 0.4) is 0 Å². The number of nitrogens with one attached hydrogen (secondary N) is 2. The summed E-state index contributed by atoms with van der Waals surface area (Å²) in [6.45, 7) is 1.99. The number of hydrogen-bond acceptors (Lipinski definition) is 5. The number of likely N-dealkylation sites (tertiary alicyclic amines) is 1. The zero-order chi connectivity index (χ0) is 24.4. The molecule has 0 aliphatic carbocycles. The molecule has 1 aliphatic heterocycles. The van der Waals surface area contributed by atoms with E-state index in [0.29, 0.717) is 25.1 Å². The number of benzene rings is 2. The van der Waals surface area contributed by atoms with Crippen molar-refractivity contribution < 1.29 is 19.4 Å². The first kappa shape index (κ1) is 23.1. The molecule has 0 radical (unpaired) electrons. The first-order valence-corrected chi connectivity index (χ1v) is 11.9. The van der Waals surface area contributed by atoms with E-state index in [1.165, 1.54) is 0 Å². The van der Waals surface area contributed by atoms with E-state index in [4.69, 9.17) is 14.6 Å². The Balaban J connectivity index is 1.31. The average molecular weight is 476 g/mol. The van der Waals surface area contributed by atoms with E-state index in [0.717, 1.165) is 46.2 Å². The number of H-pyrrole nitrogens is 2. The molecule has 2 aromatic carbocycles. The summed E-state index contributed by atoms with van der Waals surface area (Å²) < 4.78 is 11.7. The SMILES string of the molecule is CO[C@@H]1C[C@@H](COc2ccc3[nH]c(-c4cc5ccccc5[nH]c4=O)cc3c2)N(CCCC(=O)O)C1. The van der Waals surface area contributed by atoms with Gasteiger partial charge in [0.1, 0.15) is 12.4 Å². The van der Waals surface area contributed by atoms with Crippen molar-refractivity contribution in [1.82, 2.24) is 14.9 Å². The zero-order valence-corrected chi connectivity index (χ0v) is 19.6. The maximum atomic E-state index is 12.7. The third kappa shape index (κ3) is 5.08. The number of aromatic nitrogens is 2. The highest BCUT2D eigenvalue weighted by Crippen LogP contribution is 2.28. The number of hydrogen-bond donors (Lipinski definition) is 3. The van der Waals surface area contributed by atoms with Gasteiger partial charge in [0, 0.05) is 42.5 Å². The molecule has 1 fully saturated rings. The molecule has 35 heavy (non-hydrogen) atoms. The van der Waals surface area contributed by atoms with Crippen molar-refractivity contribution in [2.24, 2.45) is 0 Å². The molecule has 0 bridgehead atoms. The highest BCUT2D eigenvalue weighted by molar-refractivity contribution is 5.89. The molecule has 4 aromatic rings. The summed E-state index contributed by atoms with van der Waals surface area (Å²) in [5.41, 5.74) is 2.95. The van der Waals surface area contributed by atoms with Crippen molar-refractivity contribution in [3.05, 3.63) is 65.0 Å². The van der Waals surface area contributed by atoms with E-state index in [1.807, 2.05) is 54.6 Å². The van der Waals surface area contributed by atoms with Gasteiger partial charge in [-0.15, -0.1) is 0 Å². The van der Waals surface area contributed by atoms with Crippen molar-refractivity contribution in [3.8, 4) is 17.0 Å². The Morgan fingerprint density at radius 2 is 1.91 bits per heavy atom. The normalized spacial score (nSPS) is 18.4. The lowest BCUT2D eigenvalue weighted by Gasteiger charge is -2.23. The lowest BCUT2D eigenvalue weighted by Crippen LogP contribution is -2.35. The second-order valence-electron chi connectivity index (χ2n) is 9.08. The van der Waals surface area contributed by atoms with Crippen molar-refractivity contribution >= 4 is 27.8 Å². The maximum Gasteiger partial charge on any atom is 0.303 e. The van der Waals surface area contributed by atoms with E-state index in [1.54, 1.807) is 7.11 Å². The van der Waals surface area contributed by atoms with Crippen molar-refractivity contribution in [3.63, 3.8) is 0 Å². The fourth-order valence-electron chi connectivity index (χ4n) is 4.87. The van der Waals surface area contributed by atoms with E-state index < -0.39 is 5.97 Å². The van der Waals surface area contributed by atoms with Gasteiger partial charge in [-0.1, -0.05) is 18.2 Å². The standard InChI is InChI=1S/C27H29N3O5/c1-34-21-14-19(30(15-21)10-4-7-26(31)32)16-35-20-8-9-24-18(11-20)13-25(28-24)22-12-17-5-2-3-6-23(17)29-27(22)33/h2-3,5-6,8-9,11-13,19,21,28H,4,7,10,14-16H2,1H3,(H,29,33)(H,31,32)/t19-,21+/m0/s1. The Bertz CT molecular complexity index is 1410. The third-order valence-corrected chi connectivity index (χ3v) is 6.74. The third-order valence-electron chi connectivity index (χ3n) is 6.74. The molecule has 8 nitrogen and oxygen atoms in total. The van der Waals surface area contributed by atoms with Crippen LogP contribution in [0.2, 0.25) is 0 Å². The molecule has 1 aliphatic rings. The first-order valence-electron chi connectivity index (χ1n) is 11.9. The minimum absolute atomic E-state index is 0.128. The molecule has 0 saturated carbocycles. The number of carboxylic acid groups (broad SMARTS) is 1. The number of pyridine rings is 1. The van der Waals surface area contributed by atoms with E-state index in [2.05, 4.69) is 14.9 Å². The van der Waals surface area contributed by atoms with Gasteiger partial charge in [-0.25, -0.2) is 0 Å². The maximum absolute atomic E-state index is 12.7. The van der Waals surface area contributed by atoms with Crippen molar-refractivity contribution in [1.29, 1.82) is 0 Å². The second kappa shape index (κ2) is 9.93. The first-order chi connectivity index (χ1) is 17.0. The Labute approximate surface area is 202 Å². The summed E-state index contributed by atoms with van der Waals surface area (Å²) in [7, 11) is 1.71. The van der Waals surface area contributed by atoms with Crippen LogP contribution in [0.1, 0.15) is 19.3 Å². The number of fused-ring (bicyclic) bond motifs is 2. The Morgan fingerprint density at radius 3 is 2.74 bits per heavy atom. The van der Waals surface area contributed by atoms with Gasteiger partial charge in [-0.05, 0) is 61.2 Å². The number of nitrogens with zero attached hydrogens (tertiary/aromatic N) is 1. The van der Waals surface area contributed by atoms with Crippen LogP contribution in [0.5, 0.6) is 5.75 Å². The van der Waals surface area contributed by atoms with Gasteiger partial charge < -0.3 is 24.5 Å². The monoisotopic (exact) mass is 475 g/mol. The summed E-state index contributed by atoms with van der Waals surface area (Å²) in [6, 6.07) is 17.6. The molecular weight excluding hydrogens is 446 g/mol. The number of rotatable bonds is 9. The smallest absolute Gasteiger partial charge is 0.303 e. The summed E-state index contributed by atoms with van der Waals surface area (Å²) in [4.78, 5) is 32.1. The van der Waals surface area contributed by atoms with Gasteiger partial charge in [-0.2, -0.15) is 0 Å². The summed E-state index contributed by atoms with van der Waals surface area (Å²) >= 11 is 0. The number of carboxylic acids is 1. The molecule has 0 amide bonds. The highest BCUT2D eigenvalue weighted by atomic mass is 16.5. The van der Waals surface area contributed by atoms with Gasteiger partial charge in [0.25, 0.3) is 5.56 Å². The minimum atomic E-state index is -0.773. The molecule has 3 N–H and O–H groups in total. The van der Waals surface area contributed by atoms with Gasteiger partial charge in [0.2, 0.25) is 0 Å². The highest BCUT2D eigenvalue weighted by Gasteiger charge is 2.32. The minimum Gasteiger partial charge on any atom is -0.492 e. The molecule has 182 valence electrons. The van der Waals surface area contributed by atoms with E-state index >= 15 is 0 Å². The summed E-state index contributed by atoms with van der Waals surface area (Å²) in [5.74, 6) is -0.0213. The summed E-state index contributed by atoms with van der Waals surface area (Å²) in [6.07, 6.45) is 1.75. The molecule has 1 saturated heterocycles. The molecule has 3 heterocycles. The van der Waals surface area contributed by atoms with Crippen LogP contribution in [0.25, 0.3) is 33.1 Å². The predicted molar refractivity (Wildman–Crippen MR) is 135 cm³/mol. The molecule has 0 spiro atoms. The van der Waals surface area contributed by atoms with Crippen molar-refractivity contribution in [2.75, 3.05) is 26.8 Å². The quantitative estimate of drug-likeness (QED) is 0.338. The van der Waals surface area contributed by atoms with Gasteiger partial charge >= 0.3 is 5.97 Å². The van der Waals surface area contributed by atoms with Crippen LogP contribution >= 0.6 is 0 Å². The number of aromatic amines is 2. The molecule has 0 unspecified atom stereocenters. The van der Waals surface area contributed by atoms with Crippen LogP contribution in [0, 0.1) is 0 Å². The molecule has 8 heteroatoms. The predicted octanol–water partition coefficient (Wildman–Crippen LogP) is 4.01. The molecule has 5 rings (SSSR count). The van der Waals surface area contributed by atoms with Gasteiger partial charge in [0.05, 0.1) is 17.4 Å². The zero-order valence-electron chi connectivity index (χ0n) is 19.6. The molecule has 2 aromatic heterocycles.